The Hall–Kier alpha value is -3.06. The number of nitrogens with zero attached hydrogens (tertiary/aromatic N) is 3. The zero-order valence-electron chi connectivity index (χ0n) is 17.3. The van der Waals surface area contributed by atoms with Crippen LogP contribution in [0, 0.1) is 6.92 Å². The molecule has 1 aliphatic heterocycles. The number of hydrogen-bond donors (Lipinski definition) is 2. The molecule has 0 saturated heterocycles. The summed E-state index contributed by atoms with van der Waals surface area (Å²) in [5.74, 6) is -0.196. The van der Waals surface area contributed by atoms with Crippen molar-refractivity contribution >= 4 is 40.7 Å². The third-order valence-corrected chi connectivity index (χ3v) is 6.88. The van der Waals surface area contributed by atoms with Gasteiger partial charge in [0, 0.05) is 35.1 Å². The van der Waals surface area contributed by atoms with Gasteiger partial charge in [0.25, 0.3) is 5.91 Å². The monoisotopic (exact) mass is 498 g/mol. The van der Waals surface area contributed by atoms with Crippen LogP contribution in [0.5, 0.6) is 5.75 Å². The number of H-pyrrole nitrogens is 1. The van der Waals surface area contributed by atoms with Crippen molar-refractivity contribution in [3.05, 3.63) is 97.9 Å². The van der Waals surface area contributed by atoms with Crippen molar-refractivity contribution in [3.8, 4) is 17.0 Å². The van der Waals surface area contributed by atoms with Crippen LogP contribution in [0.2, 0.25) is 15.1 Å². The van der Waals surface area contributed by atoms with E-state index < -0.39 is 6.04 Å². The van der Waals surface area contributed by atoms with E-state index >= 15 is 0 Å². The highest BCUT2D eigenvalue weighted by Gasteiger charge is 2.42. The number of amides is 1. The molecule has 2 aromatic heterocycles. The summed E-state index contributed by atoms with van der Waals surface area (Å²) in [4.78, 5) is 19.4. The van der Waals surface area contributed by atoms with Gasteiger partial charge in [-0.3, -0.25) is 14.9 Å². The van der Waals surface area contributed by atoms with Crippen molar-refractivity contribution in [1.29, 1.82) is 0 Å². The van der Waals surface area contributed by atoms with Crippen LogP contribution in [-0.4, -0.2) is 31.1 Å². The molecule has 1 aliphatic rings. The minimum atomic E-state index is -0.518. The highest BCUT2D eigenvalue weighted by atomic mass is 35.5. The first-order valence-electron chi connectivity index (χ1n) is 10.1. The molecule has 2 aromatic carbocycles. The molecule has 0 aliphatic carbocycles. The molecule has 33 heavy (non-hydrogen) atoms. The van der Waals surface area contributed by atoms with Gasteiger partial charge in [-0.2, -0.15) is 5.10 Å². The molecule has 0 fully saturated rings. The number of carbonyl (C=O) groups excluding carboxylic acids is 1. The van der Waals surface area contributed by atoms with E-state index in [2.05, 4.69) is 15.2 Å². The van der Waals surface area contributed by atoms with E-state index in [1.165, 1.54) is 0 Å². The summed E-state index contributed by atoms with van der Waals surface area (Å²) in [5.41, 5.74) is 4.24. The summed E-state index contributed by atoms with van der Waals surface area (Å²) >= 11 is 18.8. The smallest absolute Gasteiger partial charge is 0.273 e. The molecule has 9 heteroatoms. The number of halogens is 3. The van der Waals surface area contributed by atoms with E-state index in [1.807, 2.05) is 18.2 Å². The predicted octanol–water partition coefficient (Wildman–Crippen LogP) is 6.19. The van der Waals surface area contributed by atoms with Crippen LogP contribution in [0.3, 0.4) is 0 Å². The molecular weight excluding hydrogens is 483 g/mol. The van der Waals surface area contributed by atoms with Gasteiger partial charge in [0.15, 0.2) is 0 Å². The average Bonchev–Trinajstić information content (AvgIpc) is 3.33. The fourth-order valence-electron chi connectivity index (χ4n) is 4.14. The molecule has 1 atom stereocenters. The van der Waals surface area contributed by atoms with Crippen LogP contribution in [0.25, 0.3) is 11.3 Å². The SMILES string of the molecule is Cc1cc(O)c(-c2n[nH]c3c2C(c2ccc(Cl)c(Cl)c2)N(Cc2cccnc2)C3=O)cc1Cl. The minimum Gasteiger partial charge on any atom is -0.507 e. The fraction of sp³-hybridized carbons (Fsp3) is 0.125. The van der Waals surface area contributed by atoms with Gasteiger partial charge in [0.1, 0.15) is 17.1 Å². The van der Waals surface area contributed by atoms with Crippen molar-refractivity contribution in [3.63, 3.8) is 0 Å². The third-order valence-electron chi connectivity index (χ3n) is 5.73. The summed E-state index contributed by atoms with van der Waals surface area (Å²) in [6.07, 6.45) is 3.40. The Morgan fingerprint density at radius 2 is 1.91 bits per heavy atom. The highest BCUT2D eigenvalue weighted by molar-refractivity contribution is 6.42. The fourth-order valence-corrected chi connectivity index (χ4v) is 4.61. The number of phenols is 1. The van der Waals surface area contributed by atoms with Crippen LogP contribution < -0.4 is 0 Å². The lowest BCUT2D eigenvalue weighted by atomic mass is 9.95. The Labute approximate surface area is 204 Å². The normalized spacial score (nSPS) is 15.2. The van der Waals surface area contributed by atoms with Gasteiger partial charge in [-0.1, -0.05) is 46.9 Å². The molecule has 0 saturated carbocycles. The summed E-state index contributed by atoms with van der Waals surface area (Å²) in [5, 5.41) is 19.2. The molecule has 0 bridgehead atoms. The molecule has 3 heterocycles. The number of aromatic hydroxyl groups is 1. The maximum Gasteiger partial charge on any atom is 0.273 e. The van der Waals surface area contributed by atoms with Crippen molar-refractivity contribution in [1.82, 2.24) is 20.1 Å². The van der Waals surface area contributed by atoms with Crippen molar-refractivity contribution < 1.29 is 9.90 Å². The number of fused-ring (bicyclic) bond motifs is 1. The number of aryl methyl sites for hydroxylation is 1. The molecule has 166 valence electrons. The Balaban J connectivity index is 1.70. The van der Waals surface area contributed by atoms with Gasteiger partial charge >= 0.3 is 0 Å². The molecular formula is C24H17Cl3N4O2. The second kappa shape index (κ2) is 8.37. The average molecular weight is 500 g/mol. The number of phenolic OH excluding ortho intramolecular Hbond substituents is 1. The Morgan fingerprint density at radius 3 is 2.64 bits per heavy atom. The first-order valence-corrected chi connectivity index (χ1v) is 11.2. The van der Waals surface area contributed by atoms with E-state index in [4.69, 9.17) is 34.8 Å². The van der Waals surface area contributed by atoms with E-state index in [1.54, 1.807) is 48.5 Å². The summed E-state index contributed by atoms with van der Waals surface area (Å²) in [7, 11) is 0. The molecule has 4 aromatic rings. The van der Waals surface area contributed by atoms with E-state index in [-0.39, 0.29) is 11.7 Å². The maximum absolute atomic E-state index is 13.5. The van der Waals surface area contributed by atoms with Crippen LogP contribution in [0.1, 0.15) is 38.8 Å². The number of aromatic amines is 1. The van der Waals surface area contributed by atoms with Gasteiger partial charge in [0.2, 0.25) is 0 Å². The van der Waals surface area contributed by atoms with Gasteiger partial charge < -0.3 is 10.0 Å². The standard InChI is InChI=1S/C24H17Cl3N4O2/c1-12-7-19(32)15(9-17(12)26)21-20-22(30-29-21)24(33)31(11-13-3-2-6-28-10-13)23(20)14-4-5-16(25)18(27)8-14/h2-10,23,32H,11H2,1H3,(H,29,30). The predicted molar refractivity (Wildman–Crippen MR) is 128 cm³/mol. The van der Waals surface area contributed by atoms with Gasteiger partial charge in [-0.05, 0) is 53.9 Å². The Morgan fingerprint density at radius 1 is 1.09 bits per heavy atom. The number of carbonyl (C=O) groups is 1. The number of nitrogens with one attached hydrogen (secondary N) is 1. The third kappa shape index (κ3) is 3.74. The highest BCUT2D eigenvalue weighted by Crippen LogP contribution is 2.46. The topological polar surface area (TPSA) is 82.1 Å². The van der Waals surface area contributed by atoms with E-state index in [0.717, 1.165) is 16.7 Å². The first kappa shape index (κ1) is 21.8. The molecule has 2 N–H and O–H groups in total. The lowest BCUT2D eigenvalue weighted by Crippen LogP contribution is -2.29. The van der Waals surface area contributed by atoms with Gasteiger partial charge in [0.05, 0.1) is 16.1 Å². The maximum atomic E-state index is 13.5. The number of rotatable bonds is 4. The first-order chi connectivity index (χ1) is 15.8. The van der Waals surface area contributed by atoms with Crippen molar-refractivity contribution in [2.75, 3.05) is 0 Å². The van der Waals surface area contributed by atoms with Crippen molar-refractivity contribution in [2.45, 2.75) is 19.5 Å². The minimum absolute atomic E-state index is 0.0252. The molecule has 1 unspecified atom stereocenters. The summed E-state index contributed by atoms with van der Waals surface area (Å²) < 4.78 is 0. The second-order valence-corrected chi connectivity index (χ2v) is 9.07. The second-order valence-electron chi connectivity index (χ2n) is 7.85. The van der Waals surface area contributed by atoms with Crippen LogP contribution in [-0.2, 0) is 6.54 Å². The van der Waals surface area contributed by atoms with Gasteiger partial charge in [-0.15, -0.1) is 0 Å². The van der Waals surface area contributed by atoms with E-state index in [9.17, 15) is 9.90 Å². The van der Waals surface area contributed by atoms with Crippen LogP contribution in [0.15, 0.2) is 54.9 Å². The molecule has 1 amide bonds. The zero-order chi connectivity index (χ0) is 23.3. The van der Waals surface area contributed by atoms with Crippen LogP contribution >= 0.6 is 34.8 Å². The molecule has 6 nitrogen and oxygen atoms in total. The number of pyridine rings is 1. The quantitative estimate of drug-likeness (QED) is 0.351. The van der Waals surface area contributed by atoms with E-state index in [0.29, 0.717) is 44.1 Å². The zero-order valence-corrected chi connectivity index (χ0v) is 19.6. The molecule has 0 radical (unpaired) electrons. The Bertz CT molecular complexity index is 1390. The number of benzene rings is 2. The summed E-state index contributed by atoms with van der Waals surface area (Å²) in [6.45, 7) is 2.12. The molecule has 0 spiro atoms. The largest absolute Gasteiger partial charge is 0.507 e. The summed E-state index contributed by atoms with van der Waals surface area (Å²) in [6, 6.07) is 11.7. The lowest BCUT2D eigenvalue weighted by Gasteiger charge is -2.26. The number of aromatic nitrogens is 3. The van der Waals surface area contributed by atoms with Gasteiger partial charge in [-0.25, -0.2) is 0 Å². The Kier molecular flexibility index (Phi) is 5.52. The number of hydrogen-bond acceptors (Lipinski definition) is 4. The van der Waals surface area contributed by atoms with Crippen LogP contribution in [0.4, 0.5) is 0 Å². The van der Waals surface area contributed by atoms with Crippen molar-refractivity contribution in [2.24, 2.45) is 0 Å². The lowest BCUT2D eigenvalue weighted by molar-refractivity contribution is 0.0730. The molecule has 5 rings (SSSR count).